The second kappa shape index (κ2) is 10.4. The number of methoxy groups -OCH3 is 3. The average Bonchev–Trinajstić information content (AvgIpc) is 2.72. The first-order valence-corrected chi connectivity index (χ1v) is 10.5. The van der Waals surface area contributed by atoms with E-state index in [1.807, 2.05) is 0 Å². The van der Waals surface area contributed by atoms with E-state index >= 15 is 0 Å². The Hall–Kier alpha value is -2.11. The molecule has 3 nitrogen and oxygen atoms in total. The summed E-state index contributed by atoms with van der Waals surface area (Å²) in [5, 5.41) is 0. The topological polar surface area (TPSA) is 27.7 Å². The molecule has 4 heteroatoms. The Balaban J connectivity index is 2.25. The van der Waals surface area contributed by atoms with E-state index in [0.717, 1.165) is 0 Å². The maximum Gasteiger partial charge on any atom is 0.172 e. The van der Waals surface area contributed by atoms with Crippen molar-refractivity contribution in [3.63, 3.8) is 0 Å². The lowest BCUT2D eigenvalue weighted by atomic mass is 10.2. The molecule has 0 fully saturated rings. The molecule has 146 valence electrons. The summed E-state index contributed by atoms with van der Waals surface area (Å²) >= 11 is 0. The van der Waals surface area contributed by atoms with Crippen molar-refractivity contribution in [2.75, 3.05) is 21.3 Å². The van der Waals surface area contributed by atoms with Gasteiger partial charge in [0.25, 0.3) is 0 Å². The van der Waals surface area contributed by atoms with Crippen molar-refractivity contribution in [3.05, 3.63) is 89.5 Å². The SMILES string of the molecule is COCc1ccccc1[S+](c1ccccc1COC)c1ccccc1COC. The zero-order chi connectivity index (χ0) is 19.8. The van der Waals surface area contributed by atoms with Crippen LogP contribution in [-0.4, -0.2) is 21.3 Å². The molecular weight excluding hydrogens is 368 g/mol. The number of ether oxygens (including phenoxy) is 3. The molecule has 0 spiro atoms. The Labute approximate surface area is 170 Å². The van der Waals surface area contributed by atoms with Gasteiger partial charge in [-0.15, -0.1) is 0 Å². The molecule has 0 unspecified atom stereocenters. The van der Waals surface area contributed by atoms with Crippen LogP contribution in [0.25, 0.3) is 0 Å². The van der Waals surface area contributed by atoms with E-state index in [9.17, 15) is 0 Å². The third kappa shape index (κ3) is 4.65. The molecule has 0 radical (unpaired) electrons. The van der Waals surface area contributed by atoms with Gasteiger partial charge in [-0.05, 0) is 18.2 Å². The molecule has 0 N–H and O–H groups in total. The second-order valence-corrected chi connectivity index (χ2v) is 8.36. The highest BCUT2D eigenvalue weighted by Crippen LogP contribution is 2.37. The third-order valence-corrected chi connectivity index (χ3v) is 6.99. The second-order valence-electron chi connectivity index (χ2n) is 6.43. The Kier molecular flexibility index (Phi) is 7.69. The normalized spacial score (nSPS) is 11.1. The molecule has 0 aromatic heterocycles. The lowest BCUT2D eigenvalue weighted by Gasteiger charge is -2.16. The van der Waals surface area contributed by atoms with Crippen LogP contribution in [0, 0.1) is 0 Å². The maximum absolute atomic E-state index is 5.50. The molecule has 0 amide bonds. The van der Waals surface area contributed by atoms with Crippen LogP contribution in [0.4, 0.5) is 0 Å². The van der Waals surface area contributed by atoms with Crippen LogP contribution in [0.5, 0.6) is 0 Å². The lowest BCUT2D eigenvalue weighted by molar-refractivity contribution is 0.182. The molecule has 0 bridgehead atoms. The standard InChI is InChI=1S/C24H27O3S/c1-25-16-19-10-4-7-13-22(19)28(23-14-8-5-11-20(23)17-26-2)24-15-9-6-12-21(24)18-27-3/h4-15H,16-18H2,1-3H3/q+1. The summed E-state index contributed by atoms with van der Waals surface area (Å²) in [6.07, 6.45) is 0. The zero-order valence-electron chi connectivity index (χ0n) is 16.7. The van der Waals surface area contributed by atoms with Crippen molar-refractivity contribution in [2.45, 2.75) is 34.5 Å². The molecule has 0 saturated carbocycles. The van der Waals surface area contributed by atoms with E-state index in [-0.39, 0.29) is 10.9 Å². The molecule has 0 heterocycles. The molecule has 3 aromatic rings. The van der Waals surface area contributed by atoms with E-state index in [4.69, 9.17) is 14.2 Å². The molecule has 0 aliphatic rings. The predicted molar refractivity (Wildman–Crippen MR) is 114 cm³/mol. The van der Waals surface area contributed by atoms with E-state index in [2.05, 4.69) is 72.8 Å². The van der Waals surface area contributed by atoms with Crippen LogP contribution >= 0.6 is 0 Å². The fourth-order valence-corrected chi connectivity index (χ4v) is 5.81. The van der Waals surface area contributed by atoms with Crippen LogP contribution in [-0.2, 0) is 44.9 Å². The summed E-state index contributed by atoms with van der Waals surface area (Å²) < 4.78 is 16.5. The van der Waals surface area contributed by atoms with Gasteiger partial charge >= 0.3 is 0 Å². The van der Waals surface area contributed by atoms with Crippen molar-refractivity contribution < 1.29 is 14.2 Å². The van der Waals surface area contributed by atoms with Gasteiger partial charge in [-0.2, -0.15) is 0 Å². The Morgan fingerprint density at radius 1 is 0.500 bits per heavy atom. The van der Waals surface area contributed by atoms with Crippen molar-refractivity contribution >= 4 is 10.9 Å². The van der Waals surface area contributed by atoms with Gasteiger partial charge in [-0.1, -0.05) is 54.6 Å². The highest BCUT2D eigenvalue weighted by Gasteiger charge is 2.35. The summed E-state index contributed by atoms with van der Waals surface area (Å²) in [6, 6.07) is 25.6. The minimum absolute atomic E-state index is 0.294. The van der Waals surface area contributed by atoms with Crippen LogP contribution in [0.2, 0.25) is 0 Å². The van der Waals surface area contributed by atoms with Crippen LogP contribution in [0.15, 0.2) is 87.5 Å². The van der Waals surface area contributed by atoms with Gasteiger partial charge in [0, 0.05) is 38.0 Å². The average molecular weight is 396 g/mol. The van der Waals surface area contributed by atoms with Gasteiger partial charge in [0.05, 0.1) is 19.8 Å². The van der Waals surface area contributed by atoms with Crippen LogP contribution in [0.1, 0.15) is 16.7 Å². The zero-order valence-corrected chi connectivity index (χ0v) is 17.5. The molecular formula is C24H27O3S+. The summed E-state index contributed by atoms with van der Waals surface area (Å²) in [5.74, 6) is 0. The largest absolute Gasteiger partial charge is 0.380 e. The van der Waals surface area contributed by atoms with Crippen molar-refractivity contribution in [1.82, 2.24) is 0 Å². The van der Waals surface area contributed by atoms with Crippen molar-refractivity contribution in [1.29, 1.82) is 0 Å². The minimum Gasteiger partial charge on any atom is -0.380 e. The first-order valence-electron chi connectivity index (χ1n) is 9.25. The number of hydrogen-bond donors (Lipinski definition) is 0. The lowest BCUT2D eigenvalue weighted by Crippen LogP contribution is -2.13. The van der Waals surface area contributed by atoms with E-state index in [1.54, 1.807) is 21.3 Å². The summed E-state index contributed by atoms with van der Waals surface area (Å²) in [6.45, 7) is 1.75. The first-order chi connectivity index (χ1) is 13.8. The number of hydrogen-bond acceptors (Lipinski definition) is 3. The van der Waals surface area contributed by atoms with Crippen LogP contribution in [0.3, 0.4) is 0 Å². The Morgan fingerprint density at radius 3 is 1.07 bits per heavy atom. The highest BCUT2D eigenvalue weighted by molar-refractivity contribution is 7.97. The van der Waals surface area contributed by atoms with E-state index in [1.165, 1.54) is 31.4 Å². The van der Waals surface area contributed by atoms with Crippen molar-refractivity contribution in [3.8, 4) is 0 Å². The molecule has 0 saturated heterocycles. The third-order valence-electron chi connectivity index (χ3n) is 4.48. The Bertz CT molecular complexity index is 777. The van der Waals surface area contributed by atoms with Crippen LogP contribution < -0.4 is 0 Å². The molecule has 0 aliphatic carbocycles. The summed E-state index contributed by atoms with van der Waals surface area (Å²) in [4.78, 5) is 3.82. The van der Waals surface area contributed by atoms with Gasteiger partial charge in [0.2, 0.25) is 0 Å². The molecule has 3 rings (SSSR count). The Morgan fingerprint density at radius 2 is 0.786 bits per heavy atom. The molecule has 0 atom stereocenters. The van der Waals surface area contributed by atoms with Gasteiger partial charge in [0.1, 0.15) is 10.9 Å². The van der Waals surface area contributed by atoms with Gasteiger partial charge in [-0.25, -0.2) is 0 Å². The minimum atomic E-state index is -0.294. The first kappa shape index (κ1) is 20.6. The predicted octanol–water partition coefficient (Wildman–Crippen LogP) is 5.22. The van der Waals surface area contributed by atoms with E-state index in [0.29, 0.717) is 19.8 Å². The summed E-state index contributed by atoms with van der Waals surface area (Å²) in [5.41, 5.74) is 3.60. The fourth-order valence-electron chi connectivity index (χ4n) is 3.29. The van der Waals surface area contributed by atoms with E-state index < -0.39 is 0 Å². The van der Waals surface area contributed by atoms with Crippen molar-refractivity contribution in [2.24, 2.45) is 0 Å². The molecule has 28 heavy (non-hydrogen) atoms. The van der Waals surface area contributed by atoms with Gasteiger partial charge in [-0.3, -0.25) is 0 Å². The van der Waals surface area contributed by atoms with Gasteiger partial charge < -0.3 is 14.2 Å². The summed E-state index contributed by atoms with van der Waals surface area (Å²) in [7, 11) is 4.93. The monoisotopic (exact) mass is 395 g/mol. The number of rotatable bonds is 9. The number of benzene rings is 3. The van der Waals surface area contributed by atoms with Gasteiger partial charge in [0.15, 0.2) is 14.7 Å². The molecule has 3 aromatic carbocycles. The molecule has 0 aliphatic heterocycles. The smallest absolute Gasteiger partial charge is 0.172 e. The maximum atomic E-state index is 5.50. The fraction of sp³-hybridized carbons (Fsp3) is 0.250. The quantitative estimate of drug-likeness (QED) is 0.465. The highest BCUT2D eigenvalue weighted by atomic mass is 32.2.